The number of nitrogens with one attached hydrogen (secondary N) is 1. The molecule has 9 heteroatoms. The average molecular weight is 470 g/mol. The van der Waals surface area contributed by atoms with Crippen molar-refractivity contribution in [3.05, 3.63) is 85.5 Å². The highest BCUT2D eigenvalue weighted by molar-refractivity contribution is 6.03. The van der Waals surface area contributed by atoms with Crippen molar-refractivity contribution in [3.63, 3.8) is 0 Å². The second-order valence-electron chi connectivity index (χ2n) is 8.02. The monoisotopic (exact) mass is 469 g/mol. The standard InChI is InChI=1S/C26H23N5O4/c1-34-21-10-6-20(7-11-21)31-16-18(14-25(31)32)26(33)29-19-4-8-22(9-5-19)35-24-15-23(27-17-28-24)30-12-2-3-13-30/h2-13,15,17-18H,14,16H2,1H3,(H,29,33). The van der Waals surface area contributed by atoms with Gasteiger partial charge in [-0.05, 0) is 60.7 Å². The van der Waals surface area contributed by atoms with Crippen LogP contribution in [0.25, 0.3) is 5.82 Å². The first-order chi connectivity index (χ1) is 17.1. The maximum Gasteiger partial charge on any atom is 0.229 e. The molecule has 4 aromatic rings. The van der Waals surface area contributed by atoms with E-state index in [1.807, 2.05) is 41.2 Å². The van der Waals surface area contributed by atoms with Gasteiger partial charge < -0.3 is 24.3 Å². The minimum absolute atomic E-state index is 0.0804. The molecule has 1 unspecified atom stereocenters. The van der Waals surface area contributed by atoms with E-state index in [0.29, 0.717) is 35.4 Å². The lowest BCUT2D eigenvalue weighted by Crippen LogP contribution is -2.28. The quantitative estimate of drug-likeness (QED) is 0.438. The molecule has 1 atom stereocenters. The Bertz CT molecular complexity index is 1320. The maximum absolute atomic E-state index is 12.8. The minimum Gasteiger partial charge on any atom is -0.497 e. The molecule has 1 saturated heterocycles. The zero-order chi connectivity index (χ0) is 24.2. The molecule has 35 heavy (non-hydrogen) atoms. The molecule has 3 heterocycles. The van der Waals surface area contributed by atoms with Gasteiger partial charge in [0.15, 0.2) is 0 Å². The van der Waals surface area contributed by atoms with Gasteiger partial charge in [-0.3, -0.25) is 9.59 Å². The van der Waals surface area contributed by atoms with Gasteiger partial charge in [0.1, 0.15) is 23.6 Å². The van der Waals surface area contributed by atoms with Crippen molar-refractivity contribution in [3.8, 4) is 23.2 Å². The van der Waals surface area contributed by atoms with Gasteiger partial charge in [-0.1, -0.05) is 0 Å². The molecule has 1 aliphatic heterocycles. The Balaban J connectivity index is 1.19. The van der Waals surface area contributed by atoms with Gasteiger partial charge in [0.25, 0.3) is 0 Å². The molecule has 0 bridgehead atoms. The van der Waals surface area contributed by atoms with Gasteiger partial charge >= 0.3 is 0 Å². The van der Waals surface area contributed by atoms with Crippen LogP contribution in [-0.4, -0.2) is 40.0 Å². The van der Waals surface area contributed by atoms with Crippen LogP contribution in [0.3, 0.4) is 0 Å². The molecule has 9 nitrogen and oxygen atoms in total. The Labute approximate surface area is 202 Å². The summed E-state index contributed by atoms with van der Waals surface area (Å²) in [5.74, 6) is 1.67. The normalized spacial score (nSPS) is 15.2. The number of carbonyl (C=O) groups is 2. The number of anilines is 2. The Morgan fingerprint density at radius 3 is 2.43 bits per heavy atom. The highest BCUT2D eigenvalue weighted by Crippen LogP contribution is 2.28. The lowest BCUT2D eigenvalue weighted by atomic mass is 10.1. The summed E-state index contributed by atoms with van der Waals surface area (Å²) in [6.45, 7) is 0.329. The lowest BCUT2D eigenvalue weighted by Gasteiger charge is -2.17. The van der Waals surface area contributed by atoms with Gasteiger partial charge in [-0.25, -0.2) is 9.97 Å². The molecule has 0 radical (unpaired) electrons. The van der Waals surface area contributed by atoms with E-state index in [-0.39, 0.29) is 18.2 Å². The van der Waals surface area contributed by atoms with Gasteiger partial charge in [0.2, 0.25) is 17.7 Å². The summed E-state index contributed by atoms with van der Waals surface area (Å²) in [4.78, 5) is 35.3. The smallest absolute Gasteiger partial charge is 0.229 e. The van der Waals surface area contributed by atoms with Crippen molar-refractivity contribution in [1.82, 2.24) is 14.5 Å². The molecule has 176 valence electrons. The first-order valence-corrected chi connectivity index (χ1v) is 11.1. The number of nitrogens with zero attached hydrogens (tertiary/aromatic N) is 4. The van der Waals surface area contributed by atoms with Crippen LogP contribution >= 0.6 is 0 Å². The highest BCUT2D eigenvalue weighted by atomic mass is 16.5. The number of amides is 2. The molecule has 1 fully saturated rings. The maximum atomic E-state index is 12.8. The van der Waals surface area contributed by atoms with E-state index >= 15 is 0 Å². The van der Waals surface area contributed by atoms with Crippen molar-refractivity contribution in [2.24, 2.45) is 5.92 Å². The zero-order valence-electron chi connectivity index (χ0n) is 19.0. The van der Waals surface area contributed by atoms with Crippen LogP contribution in [0.4, 0.5) is 11.4 Å². The molecule has 1 aliphatic rings. The fraction of sp³-hybridized carbons (Fsp3) is 0.154. The first kappa shape index (κ1) is 22.1. The van der Waals surface area contributed by atoms with Crippen molar-refractivity contribution in [1.29, 1.82) is 0 Å². The van der Waals surface area contributed by atoms with Crippen LogP contribution in [0.5, 0.6) is 17.4 Å². The third kappa shape index (κ3) is 4.98. The SMILES string of the molecule is COc1ccc(N2CC(C(=O)Nc3ccc(Oc4cc(-n5cccc5)ncn4)cc3)CC2=O)cc1. The number of benzene rings is 2. The second-order valence-corrected chi connectivity index (χ2v) is 8.02. The molecule has 0 saturated carbocycles. The molecule has 2 aromatic heterocycles. The fourth-order valence-corrected chi connectivity index (χ4v) is 3.88. The Morgan fingerprint density at radius 2 is 1.71 bits per heavy atom. The Hall–Kier alpha value is -4.66. The third-order valence-electron chi connectivity index (χ3n) is 5.72. The largest absolute Gasteiger partial charge is 0.497 e. The van der Waals surface area contributed by atoms with Crippen LogP contribution in [0.15, 0.2) is 85.5 Å². The molecule has 0 spiro atoms. The molecule has 2 amide bonds. The molecular formula is C26H23N5O4. The number of hydrogen-bond acceptors (Lipinski definition) is 6. The number of carbonyl (C=O) groups excluding carboxylic acids is 2. The number of methoxy groups -OCH3 is 1. The predicted octanol–water partition coefficient (Wildman–Crippen LogP) is 4.06. The van der Waals surface area contributed by atoms with E-state index in [1.54, 1.807) is 54.5 Å². The van der Waals surface area contributed by atoms with Crippen molar-refractivity contribution in [2.45, 2.75) is 6.42 Å². The fourth-order valence-electron chi connectivity index (χ4n) is 3.88. The van der Waals surface area contributed by atoms with Gasteiger partial charge in [-0.15, -0.1) is 0 Å². The van der Waals surface area contributed by atoms with E-state index in [2.05, 4.69) is 15.3 Å². The summed E-state index contributed by atoms with van der Waals surface area (Å²) in [5.41, 5.74) is 1.37. The second kappa shape index (κ2) is 9.68. The van der Waals surface area contributed by atoms with Crippen molar-refractivity contribution >= 4 is 23.2 Å². The first-order valence-electron chi connectivity index (χ1n) is 11.1. The molecule has 5 rings (SSSR count). The topological polar surface area (TPSA) is 98.6 Å². The summed E-state index contributed by atoms with van der Waals surface area (Å²) in [6, 6.07) is 19.8. The van der Waals surface area contributed by atoms with E-state index < -0.39 is 5.92 Å². The summed E-state index contributed by atoms with van der Waals surface area (Å²) in [6.07, 6.45) is 5.38. The Morgan fingerprint density at radius 1 is 1.00 bits per heavy atom. The zero-order valence-corrected chi connectivity index (χ0v) is 19.0. The molecule has 1 N–H and O–H groups in total. The van der Waals surface area contributed by atoms with Crippen LogP contribution in [0.2, 0.25) is 0 Å². The number of ether oxygens (including phenoxy) is 2. The van der Waals surface area contributed by atoms with Crippen LogP contribution in [0.1, 0.15) is 6.42 Å². The third-order valence-corrected chi connectivity index (χ3v) is 5.72. The lowest BCUT2D eigenvalue weighted by molar-refractivity contribution is -0.122. The summed E-state index contributed by atoms with van der Waals surface area (Å²) in [5, 5.41) is 2.89. The predicted molar refractivity (Wildman–Crippen MR) is 130 cm³/mol. The molecule has 0 aliphatic carbocycles. The van der Waals surface area contributed by atoms with E-state index in [4.69, 9.17) is 9.47 Å². The summed E-state index contributed by atoms with van der Waals surface area (Å²) < 4.78 is 12.9. The molecule has 2 aromatic carbocycles. The van der Waals surface area contributed by atoms with E-state index in [0.717, 1.165) is 5.69 Å². The van der Waals surface area contributed by atoms with E-state index in [9.17, 15) is 9.59 Å². The number of rotatable bonds is 7. The number of hydrogen-bond donors (Lipinski definition) is 1. The number of aromatic nitrogens is 3. The van der Waals surface area contributed by atoms with Gasteiger partial charge in [0.05, 0.1) is 13.0 Å². The highest BCUT2D eigenvalue weighted by Gasteiger charge is 2.35. The minimum atomic E-state index is -0.436. The molecular weight excluding hydrogens is 446 g/mol. The van der Waals surface area contributed by atoms with Crippen molar-refractivity contribution in [2.75, 3.05) is 23.9 Å². The van der Waals surface area contributed by atoms with Crippen LogP contribution in [0, 0.1) is 5.92 Å². The van der Waals surface area contributed by atoms with Crippen LogP contribution in [-0.2, 0) is 9.59 Å². The van der Waals surface area contributed by atoms with Crippen LogP contribution < -0.4 is 19.7 Å². The average Bonchev–Trinajstić information content (AvgIpc) is 3.56. The Kier molecular flexibility index (Phi) is 6.13. The van der Waals surface area contributed by atoms with Gasteiger partial charge in [-0.2, -0.15) is 0 Å². The van der Waals surface area contributed by atoms with Gasteiger partial charge in [0, 0.05) is 42.8 Å². The van der Waals surface area contributed by atoms with Crippen molar-refractivity contribution < 1.29 is 19.1 Å². The summed E-state index contributed by atoms with van der Waals surface area (Å²) in [7, 11) is 1.59. The summed E-state index contributed by atoms with van der Waals surface area (Å²) >= 11 is 0. The van der Waals surface area contributed by atoms with E-state index in [1.165, 1.54) is 6.33 Å².